The van der Waals surface area contributed by atoms with Gasteiger partial charge in [-0.1, -0.05) is 19.1 Å². The third-order valence-electron chi connectivity index (χ3n) is 4.72. The molecule has 2 nitrogen and oxygen atoms in total. The Morgan fingerprint density at radius 1 is 1.29 bits per heavy atom. The fourth-order valence-electron chi connectivity index (χ4n) is 3.00. The topological polar surface area (TPSA) is 29.3 Å². The second-order valence-corrected chi connectivity index (χ2v) is 6.05. The largest absolute Gasteiger partial charge is 0.416 e. The van der Waals surface area contributed by atoms with E-state index < -0.39 is 11.7 Å². The predicted molar refractivity (Wildman–Crippen MR) is 77.8 cm³/mol. The number of piperidine rings is 1. The average molecular weight is 300 g/mol. The molecule has 5 heteroatoms. The van der Waals surface area contributed by atoms with Crippen LogP contribution in [0, 0.1) is 11.8 Å². The molecule has 1 aliphatic heterocycles. The Hall–Kier alpha value is -1.07. The number of alkyl halides is 3. The van der Waals surface area contributed by atoms with Gasteiger partial charge in [0.1, 0.15) is 0 Å². The number of rotatable bonds is 3. The summed E-state index contributed by atoms with van der Waals surface area (Å²) in [6.45, 7) is 6.82. The van der Waals surface area contributed by atoms with Gasteiger partial charge in [0, 0.05) is 12.6 Å². The van der Waals surface area contributed by atoms with Crippen LogP contribution in [-0.4, -0.2) is 24.5 Å². The van der Waals surface area contributed by atoms with E-state index in [1.165, 1.54) is 12.1 Å². The molecule has 0 spiro atoms. The number of likely N-dealkylation sites (tertiary alicyclic amines) is 1. The number of halogens is 3. The van der Waals surface area contributed by atoms with Crippen LogP contribution in [0.25, 0.3) is 0 Å². The van der Waals surface area contributed by atoms with Crippen LogP contribution < -0.4 is 5.73 Å². The van der Waals surface area contributed by atoms with E-state index >= 15 is 0 Å². The van der Waals surface area contributed by atoms with Crippen molar-refractivity contribution in [1.29, 1.82) is 0 Å². The maximum atomic E-state index is 12.6. The Labute approximate surface area is 124 Å². The first-order valence-electron chi connectivity index (χ1n) is 7.44. The van der Waals surface area contributed by atoms with Crippen LogP contribution in [0.15, 0.2) is 24.3 Å². The highest BCUT2D eigenvalue weighted by Gasteiger charge is 2.31. The minimum atomic E-state index is -4.27. The van der Waals surface area contributed by atoms with E-state index in [-0.39, 0.29) is 6.04 Å². The average Bonchev–Trinajstić information content (AvgIpc) is 2.46. The fourth-order valence-corrected chi connectivity index (χ4v) is 3.00. The molecular weight excluding hydrogens is 277 g/mol. The highest BCUT2D eigenvalue weighted by molar-refractivity contribution is 5.26. The second kappa shape index (κ2) is 6.36. The van der Waals surface area contributed by atoms with Gasteiger partial charge < -0.3 is 5.73 Å². The van der Waals surface area contributed by atoms with E-state index in [2.05, 4.69) is 11.8 Å². The van der Waals surface area contributed by atoms with Crippen LogP contribution >= 0.6 is 0 Å². The fraction of sp³-hybridized carbons (Fsp3) is 0.625. The lowest BCUT2D eigenvalue weighted by atomic mass is 9.86. The molecule has 0 amide bonds. The Bertz CT molecular complexity index is 456. The molecule has 3 atom stereocenters. The Morgan fingerprint density at radius 2 is 1.90 bits per heavy atom. The second-order valence-electron chi connectivity index (χ2n) is 6.05. The van der Waals surface area contributed by atoms with Crippen LogP contribution in [0.3, 0.4) is 0 Å². The molecule has 0 aliphatic carbocycles. The zero-order valence-electron chi connectivity index (χ0n) is 12.5. The van der Waals surface area contributed by atoms with Crippen LogP contribution in [-0.2, 0) is 6.18 Å². The van der Waals surface area contributed by atoms with Gasteiger partial charge in [-0.3, -0.25) is 4.90 Å². The zero-order chi connectivity index (χ0) is 15.6. The minimum absolute atomic E-state index is 0.119. The lowest BCUT2D eigenvalue weighted by Gasteiger charge is -2.40. The monoisotopic (exact) mass is 300 g/mol. The van der Waals surface area contributed by atoms with Crippen molar-refractivity contribution in [2.24, 2.45) is 17.6 Å². The van der Waals surface area contributed by atoms with Crippen molar-refractivity contribution in [2.75, 3.05) is 19.6 Å². The van der Waals surface area contributed by atoms with Crippen LogP contribution in [0.5, 0.6) is 0 Å². The van der Waals surface area contributed by atoms with Gasteiger partial charge in [-0.15, -0.1) is 0 Å². The summed E-state index contributed by atoms with van der Waals surface area (Å²) in [4.78, 5) is 2.32. The van der Waals surface area contributed by atoms with E-state index in [9.17, 15) is 13.2 Å². The maximum Gasteiger partial charge on any atom is 0.416 e. The molecule has 21 heavy (non-hydrogen) atoms. The quantitative estimate of drug-likeness (QED) is 0.922. The Balaban J connectivity index is 2.08. The molecular formula is C16H23F3N2. The molecule has 0 bridgehead atoms. The molecule has 1 saturated heterocycles. The van der Waals surface area contributed by atoms with Gasteiger partial charge >= 0.3 is 6.18 Å². The van der Waals surface area contributed by atoms with E-state index in [4.69, 9.17) is 5.73 Å². The number of nitrogens with zero attached hydrogens (tertiary/aromatic N) is 1. The van der Waals surface area contributed by atoms with Crippen molar-refractivity contribution in [1.82, 2.24) is 4.90 Å². The number of hydrogen-bond donors (Lipinski definition) is 1. The van der Waals surface area contributed by atoms with Crippen molar-refractivity contribution >= 4 is 0 Å². The maximum absolute atomic E-state index is 12.6. The van der Waals surface area contributed by atoms with Crippen molar-refractivity contribution in [2.45, 2.75) is 32.5 Å². The Kier molecular flexibility index (Phi) is 4.94. The SMILES string of the molecule is CC1CCN(C(C)c2ccc(C(F)(F)F)cc2)CC1CN. The first kappa shape index (κ1) is 16.3. The normalized spacial score (nSPS) is 25.8. The molecule has 0 aromatic heterocycles. The lowest BCUT2D eigenvalue weighted by molar-refractivity contribution is -0.137. The summed E-state index contributed by atoms with van der Waals surface area (Å²) < 4.78 is 37.8. The smallest absolute Gasteiger partial charge is 0.330 e. The molecule has 1 aliphatic rings. The first-order chi connectivity index (χ1) is 9.82. The van der Waals surface area contributed by atoms with E-state index in [0.29, 0.717) is 18.4 Å². The molecule has 2 N–H and O–H groups in total. The molecule has 1 aromatic rings. The van der Waals surface area contributed by atoms with Gasteiger partial charge in [-0.2, -0.15) is 13.2 Å². The number of benzene rings is 1. The highest BCUT2D eigenvalue weighted by atomic mass is 19.4. The summed E-state index contributed by atoms with van der Waals surface area (Å²) in [6, 6.07) is 5.62. The third kappa shape index (κ3) is 3.77. The molecule has 3 unspecified atom stereocenters. The zero-order valence-corrected chi connectivity index (χ0v) is 12.5. The first-order valence-corrected chi connectivity index (χ1v) is 7.44. The minimum Gasteiger partial charge on any atom is -0.330 e. The molecule has 1 aromatic carbocycles. The number of hydrogen-bond acceptors (Lipinski definition) is 2. The van der Waals surface area contributed by atoms with Gasteiger partial charge in [-0.25, -0.2) is 0 Å². The van der Waals surface area contributed by atoms with Gasteiger partial charge in [0.2, 0.25) is 0 Å². The summed E-state index contributed by atoms with van der Waals surface area (Å²) >= 11 is 0. The summed E-state index contributed by atoms with van der Waals surface area (Å²) in [5.74, 6) is 1.08. The van der Waals surface area contributed by atoms with Crippen LogP contribution in [0.2, 0.25) is 0 Å². The van der Waals surface area contributed by atoms with Crippen molar-refractivity contribution in [3.63, 3.8) is 0 Å². The predicted octanol–water partition coefficient (Wildman–Crippen LogP) is 3.68. The van der Waals surface area contributed by atoms with Crippen molar-refractivity contribution in [3.8, 4) is 0 Å². The molecule has 0 radical (unpaired) electrons. The van der Waals surface area contributed by atoms with Gasteiger partial charge in [0.25, 0.3) is 0 Å². The van der Waals surface area contributed by atoms with Crippen LogP contribution in [0.1, 0.15) is 37.4 Å². The van der Waals surface area contributed by atoms with Crippen molar-refractivity contribution < 1.29 is 13.2 Å². The summed E-state index contributed by atoms with van der Waals surface area (Å²) in [5, 5.41) is 0. The Morgan fingerprint density at radius 3 is 2.43 bits per heavy atom. The summed E-state index contributed by atoms with van der Waals surface area (Å²) in [5.41, 5.74) is 6.14. The van der Waals surface area contributed by atoms with E-state index in [0.717, 1.165) is 25.1 Å². The van der Waals surface area contributed by atoms with Crippen LogP contribution in [0.4, 0.5) is 13.2 Å². The summed E-state index contributed by atoms with van der Waals surface area (Å²) in [6.07, 6.45) is -3.18. The summed E-state index contributed by atoms with van der Waals surface area (Å²) in [7, 11) is 0. The lowest BCUT2D eigenvalue weighted by Crippen LogP contribution is -2.43. The molecule has 1 fully saturated rings. The van der Waals surface area contributed by atoms with Gasteiger partial charge in [-0.05, 0) is 56.0 Å². The molecule has 2 rings (SSSR count). The molecule has 118 valence electrons. The highest BCUT2D eigenvalue weighted by Crippen LogP contribution is 2.32. The standard InChI is InChI=1S/C16H23F3N2/c1-11-7-8-21(10-14(11)9-20)12(2)13-3-5-15(6-4-13)16(17,18)19/h3-6,11-12,14H,7-10,20H2,1-2H3. The molecule has 0 saturated carbocycles. The van der Waals surface area contributed by atoms with Gasteiger partial charge in [0.15, 0.2) is 0 Å². The van der Waals surface area contributed by atoms with E-state index in [1.54, 1.807) is 12.1 Å². The third-order valence-corrected chi connectivity index (χ3v) is 4.72. The van der Waals surface area contributed by atoms with Crippen molar-refractivity contribution in [3.05, 3.63) is 35.4 Å². The van der Waals surface area contributed by atoms with E-state index in [1.807, 2.05) is 6.92 Å². The van der Waals surface area contributed by atoms with Gasteiger partial charge in [0.05, 0.1) is 5.56 Å². The number of nitrogens with two attached hydrogens (primary N) is 1. The molecule has 1 heterocycles.